The van der Waals surface area contributed by atoms with Crippen LogP contribution in [0.1, 0.15) is 25.3 Å². The van der Waals surface area contributed by atoms with Crippen molar-refractivity contribution in [2.75, 3.05) is 18.8 Å². The van der Waals surface area contributed by atoms with Crippen LogP contribution in [0.3, 0.4) is 0 Å². The molecule has 2 aromatic rings. The molecule has 1 fully saturated rings. The monoisotopic (exact) mass is 258 g/mol. The fourth-order valence-corrected chi connectivity index (χ4v) is 3.06. The number of nitrogens with two attached hydrogens (primary N) is 1. The number of nitrogens with zero attached hydrogens (tertiary/aromatic N) is 3. The molecule has 1 aromatic heterocycles. The predicted molar refractivity (Wildman–Crippen MR) is 79.2 cm³/mol. The number of hydrogen-bond acceptors (Lipinski definition) is 3. The van der Waals surface area contributed by atoms with Crippen molar-refractivity contribution < 1.29 is 0 Å². The highest BCUT2D eigenvalue weighted by Gasteiger charge is 2.20. The highest BCUT2D eigenvalue weighted by atomic mass is 15.2. The van der Waals surface area contributed by atoms with Gasteiger partial charge in [0.05, 0.1) is 11.0 Å². The van der Waals surface area contributed by atoms with Gasteiger partial charge in [0.2, 0.25) is 5.95 Å². The Kier molecular flexibility index (Phi) is 3.19. The molecule has 102 valence electrons. The summed E-state index contributed by atoms with van der Waals surface area (Å²) in [4.78, 5) is 7.06. The molecule has 0 amide bonds. The zero-order valence-electron chi connectivity index (χ0n) is 11.8. The normalized spacial score (nSPS) is 18.2. The van der Waals surface area contributed by atoms with Crippen LogP contribution in [-0.4, -0.2) is 33.6 Å². The minimum atomic E-state index is 0.516. The Hall–Kier alpha value is -1.55. The van der Waals surface area contributed by atoms with E-state index in [4.69, 9.17) is 5.73 Å². The molecule has 0 bridgehead atoms. The van der Waals surface area contributed by atoms with Crippen LogP contribution in [0.25, 0.3) is 11.0 Å². The Bertz CT molecular complexity index is 581. The van der Waals surface area contributed by atoms with Crippen molar-refractivity contribution in [2.45, 2.75) is 39.3 Å². The Morgan fingerprint density at radius 1 is 1.32 bits per heavy atom. The van der Waals surface area contributed by atoms with Gasteiger partial charge in [-0.25, -0.2) is 4.98 Å². The number of rotatable bonds is 3. The lowest BCUT2D eigenvalue weighted by Gasteiger charge is -2.24. The van der Waals surface area contributed by atoms with Gasteiger partial charge in [0.1, 0.15) is 0 Å². The standard InChI is InChI=1S/C15H22N4/c1-11-6-5-7-13-14(11)17-15(16)19(13)10-12(2)18-8-3-4-9-18/h5-7,12H,3-4,8-10H2,1-2H3,(H2,16,17). The maximum atomic E-state index is 6.10. The van der Waals surface area contributed by atoms with E-state index in [0.717, 1.165) is 17.6 Å². The van der Waals surface area contributed by atoms with E-state index in [0.29, 0.717) is 12.0 Å². The maximum Gasteiger partial charge on any atom is 0.201 e. The van der Waals surface area contributed by atoms with E-state index in [1.54, 1.807) is 0 Å². The van der Waals surface area contributed by atoms with Gasteiger partial charge in [-0.05, 0) is 51.4 Å². The average molecular weight is 258 g/mol. The predicted octanol–water partition coefficient (Wildman–Crippen LogP) is 2.41. The fraction of sp³-hybridized carbons (Fsp3) is 0.533. The molecule has 2 heterocycles. The van der Waals surface area contributed by atoms with Gasteiger partial charge < -0.3 is 10.3 Å². The number of nitrogen functional groups attached to an aromatic ring is 1. The lowest BCUT2D eigenvalue weighted by Crippen LogP contribution is -2.33. The van der Waals surface area contributed by atoms with Gasteiger partial charge in [-0.1, -0.05) is 12.1 Å². The second-order valence-corrected chi connectivity index (χ2v) is 5.62. The van der Waals surface area contributed by atoms with Crippen LogP contribution in [0.4, 0.5) is 5.95 Å². The summed E-state index contributed by atoms with van der Waals surface area (Å²) in [5.41, 5.74) is 9.49. The molecule has 1 unspecified atom stereocenters. The minimum absolute atomic E-state index is 0.516. The van der Waals surface area contributed by atoms with Crippen LogP contribution in [0, 0.1) is 6.92 Å². The number of benzene rings is 1. The van der Waals surface area contributed by atoms with Gasteiger partial charge in [-0.3, -0.25) is 4.90 Å². The summed E-state index contributed by atoms with van der Waals surface area (Å²) in [5, 5.41) is 0. The van der Waals surface area contributed by atoms with Gasteiger partial charge in [-0.15, -0.1) is 0 Å². The van der Waals surface area contributed by atoms with Crippen molar-refractivity contribution in [3.05, 3.63) is 23.8 Å². The molecule has 1 aromatic carbocycles. The van der Waals surface area contributed by atoms with Crippen molar-refractivity contribution in [1.82, 2.24) is 14.5 Å². The van der Waals surface area contributed by atoms with Crippen molar-refractivity contribution in [3.8, 4) is 0 Å². The first-order valence-corrected chi connectivity index (χ1v) is 7.12. The third-order valence-corrected chi connectivity index (χ3v) is 4.22. The fourth-order valence-electron chi connectivity index (χ4n) is 3.06. The highest BCUT2D eigenvalue weighted by Crippen LogP contribution is 2.22. The van der Waals surface area contributed by atoms with Gasteiger partial charge in [0, 0.05) is 12.6 Å². The molecule has 0 spiro atoms. The first-order chi connectivity index (χ1) is 9.16. The van der Waals surface area contributed by atoms with E-state index < -0.39 is 0 Å². The number of anilines is 1. The molecule has 0 radical (unpaired) electrons. The first kappa shape index (κ1) is 12.5. The summed E-state index contributed by atoms with van der Waals surface area (Å²) in [6.45, 7) is 7.72. The second-order valence-electron chi connectivity index (χ2n) is 5.62. The van der Waals surface area contributed by atoms with Crippen LogP contribution in [-0.2, 0) is 6.54 Å². The number of hydrogen-bond donors (Lipinski definition) is 1. The van der Waals surface area contributed by atoms with E-state index in [1.165, 1.54) is 31.5 Å². The van der Waals surface area contributed by atoms with Gasteiger partial charge >= 0.3 is 0 Å². The maximum absolute atomic E-state index is 6.10. The third kappa shape index (κ3) is 2.21. The Morgan fingerprint density at radius 2 is 2.05 bits per heavy atom. The molecular weight excluding hydrogens is 236 g/mol. The molecule has 1 atom stereocenters. The zero-order valence-corrected chi connectivity index (χ0v) is 11.8. The number of aryl methyl sites for hydroxylation is 1. The van der Waals surface area contributed by atoms with E-state index in [2.05, 4.69) is 46.5 Å². The average Bonchev–Trinajstić information content (AvgIpc) is 3.00. The van der Waals surface area contributed by atoms with Crippen LogP contribution in [0.15, 0.2) is 18.2 Å². The summed E-state index contributed by atoms with van der Waals surface area (Å²) in [5.74, 6) is 0.635. The molecule has 1 aliphatic heterocycles. The van der Waals surface area contributed by atoms with E-state index in [-0.39, 0.29) is 0 Å². The summed E-state index contributed by atoms with van der Waals surface area (Å²) in [7, 11) is 0. The summed E-state index contributed by atoms with van der Waals surface area (Å²) >= 11 is 0. The van der Waals surface area contributed by atoms with E-state index in [9.17, 15) is 0 Å². The third-order valence-electron chi connectivity index (χ3n) is 4.22. The van der Waals surface area contributed by atoms with Crippen molar-refractivity contribution in [3.63, 3.8) is 0 Å². The molecule has 4 nitrogen and oxygen atoms in total. The molecule has 1 aliphatic rings. The van der Waals surface area contributed by atoms with Crippen molar-refractivity contribution >= 4 is 17.0 Å². The Morgan fingerprint density at radius 3 is 2.79 bits per heavy atom. The van der Waals surface area contributed by atoms with Crippen LogP contribution in [0.2, 0.25) is 0 Å². The molecule has 2 N–H and O–H groups in total. The molecular formula is C15H22N4. The van der Waals surface area contributed by atoms with Crippen molar-refractivity contribution in [1.29, 1.82) is 0 Å². The highest BCUT2D eigenvalue weighted by molar-refractivity contribution is 5.81. The quantitative estimate of drug-likeness (QED) is 0.919. The van der Waals surface area contributed by atoms with E-state index in [1.807, 2.05) is 0 Å². The number of fused-ring (bicyclic) bond motifs is 1. The lowest BCUT2D eigenvalue weighted by atomic mass is 10.2. The first-order valence-electron chi connectivity index (χ1n) is 7.12. The second kappa shape index (κ2) is 4.85. The zero-order chi connectivity index (χ0) is 13.4. The van der Waals surface area contributed by atoms with Crippen LogP contribution >= 0.6 is 0 Å². The number of likely N-dealkylation sites (tertiary alicyclic amines) is 1. The molecule has 4 heteroatoms. The summed E-state index contributed by atoms with van der Waals surface area (Å²) in [6.07, 6.45) is 2.65. The smallest absolute Gasteiger partial charge is 0.201 e. The number of aromatic nitrogens is 2. The molecule has 3 rings (SSSR count). The largest absolute Gasteiger partial charge is 0.369 e. The van der Waals surface area contributed by atoms with Gasteiger partial charge in [-0.2, -0.15) is 0 Å². The SMILES string of the molecule is Cc1cccc2c1nc(N)n2CC(C)N1CCCC1. The molecule has 1 saturated heterocycles. The number of imidazole rings is 1. The Balaban J connectivity index is 1.91. The number of para-hydroxylation sites is 1. The molecule has 0 aliphatic carbocycles. The Labute approximate surface area is 114 Å². The van der Waals surface area contributed by atoms with Gasteiger partial charge in [0.15, 0.2) is 0 Å². The van der Waals surface area contributed by atoms with Crippen LogP contribution in [0.5, 0.6) is 0 Å². The molecule has 0 saturated carbocycles. The topological polar surface area (TPSA) is 47.1 Å². The summed E-state index contributed by atoms with van der Waals surface area (Å²) < 4.78 is 2.16. The van der Waals surface area contributed by atoms with Crippen LogP contribution < -0.4 is 5.73 Å². The minimum Gasteiger partial charge on any atom is -0.369 e. The summed E-state index contributed by atoms with van der Waals surface area (Å²) in [6, 6.07) is 6.80. The molecule has 19 heavy (non-hydrogen) atoms. The lowest BCUT2D eigenvalue weighted by molar-refractivity contribution is 0.238. The van der Waals surface area contributed by atoms with E-state index >= 15 is 0 Å². The van der Waals surface area contributed by atoms with Gasteiger partial charge in [0.25, 0.3) is 0 Å². The van der Waals surface area contributed by atoms with Crippen molar-refractivity contribution in [2.24, 2.45) is 0 Å².